The Hall–Kier alpha value is -1.81. The average molecular weight is 218 g/mol. The van der Waals surface area contributed by atoms with Crippen molar-refractivity contribution in [2.75, 3.05) is 7.11 Å². The third-order valence-corrected chi connectivity index (χ3v) is 2.52. The monoisotopic (exact) mass is 218 g/mol. The van der Waals surface area contributed by atoms with E-state index in [1.165, 1.54) is 0 Å². The van der Waals surface area contributed by atoms with Crippen LogP contribution in [-0.4, -0.2) is 12.3 Å². The maximum atomic E-state index is 5.67. The second kappa shape index (κ2) is 4.37. The zero-order valence-electron chi connectivity index (χ0n) is 9.36. The zero-order chi connectivity index (χ0) is 11.5. The lowest BCUT2D eigenvalue weighted by Gasteiger charge is -2.02. The molecule has 0 radical (unpaired) electrons. The van der Waals surface area contributed by atoms with E-state index >= 15 is 0 Å². The van der Waals surface area contributed by atoms with Gasteiger partial charge in [0.15, 0.2) is 5.76 Å². The van der Waals surface area contributed by atoms with Crippen LogP contribution in [0.5, 0.6) is 5.75 Å². The van der Waals surface area contributed by atoms with Crippen LogP contribution < -0.4 is 10.5 Å². The summed E-state index contributed by atoms with van der Waals surface area (Å²) in [5.41, 5.74) is 8.38. The molecule has 0 saturated heterocycles. The van der Waals surface area contributed by atoms with E-state index in [1.54, 1.807) is 7.11 Å². The molecule has 0 spiro atoms. The van der Waals surface area contributed by atoms with Crippen LogP contribution >= 0.6 is 0 Å². The molecule has 0 atom stereocenters. The molecule has 0 fully saturated rings. The van der Waals surface area contributed by atoms with Gasteiger partial charge in [0.1, 0.15) is 5.75 Å². The molecule has 0 aliphatic heterocycles. The third kappa shape index (κ3) is 1.79. The predicted octanol–water partition coefficient (Wildman–Crippen LogP) is 2.12. The Labute approximate surface area is 94.0 Å². The number of aryl methyl sites for hydroxylation is 1. The molecule has 4 heteroatoms. The Morgan fingerprint density at radius 3 is 2.94 bits per heavy atom. The van der Waals surface area contributed by atoms with Crippen molar-refractivity contribution in [1.82, 2.24) is 5.16 Å². The molecule has 2 aromatic rings. The molecule has 0 bridgehead atoms. The highest BCUT2D eigenvalue weighted by Gasteiger charge is 2.13. The van der Waals surface area contributed by atoms with Gasteiger partial charge in [-0.25, -0.2) is 0 Å². The molecule has 1 heterocycles. The van der Waals surface area contributed by atoms with Gasteiger partial charge < -0.3 is 15.0 Å². The van der Waals surface area contributed by atoms with E-state index in [0.29, 0.717) is 6.54 Å². The van der Waals surface area contributed by atoms with Gasteiger partial charge in [0.25, 0.3) is 0 Å². The van der Waals surface area contributed by atoms with E-state index in [0.717, 1.165) is 28.3 Å². The van der Waals surface area contributed by atoms with E-state index < -0.39 is 0 Å². The van der Waals surface area contributed by atoms with Gasteiger partial charge in [0.2, 0.25) is 0 Å². The fourth-order valence-electron chi connectivity index (χ4n) is 1.62. The highest BCUT2D eigenvalue weighted by atomic mass is 16.5. The molecule has 1 aromatic heterocycles. The van der Waals surface area contributed by atoms with Crippen molar-refractivity contribution in [3.8, 4) is 17.1 Å². The summed E-state index contributed by atoms with van der Waals surface area (Å²) in [6, 6.07) is 7.64. The van der Waals surface area contributed by atoms with Crippen LogP contribution in [0.25, 0.3) is 11.3 Å². The molecule has 0 saturated carbocycles. The van der Waals surface area contributed by atoms with E-state index in [9.17, 15) is 0 Å². The molecule has 0 aliphatic rings. The largest absolute Gasteiger partial charge is 0.497 e. The van der Waals surface area contributed by atoms with Crippen molar-refractivity contribution in [3.05, 3.63) is 35.5 Å². The van der Waals surface area contributed by atoms with E-state index in [2.05, 4.69) is 5.16 Å². The topological polar surface area (TPSA) is 61.3 Å². The molecular weight excluding hydrogens is 204 g/mol. The van der Waals surface area contributed by atoms with Crippen molar-refractivity contribution < 1.29 is 9.26 Å². The molecule has 4 nitrogen and oxygen atoms in total. The second-order valence-electron chi connectivity index (χ2n) is 3.51. The van der Waals surface area contributed by atoms with Crippen molar-refractivity contribution in [2.24, 2.45) is 5.73 Å². The highest BCUT2D eigenvalue weighted by Crippen LogP contribution is 2.28. The fraction of sp³-hybridized carbons (Fsp3) is 0.250. The summed E-state index contributed by atoms with van der Waals surface area (Å²) in [7, 11) is 1.63. The summed E-state index contributed by atoms with van der Waals surface area (Å²) >= 11 is 0. The molecule has 2 rings (SSSR count). The Balaban J connectivity index is 2.49. The number of methoxy groups -OCH3 is 1. The summed E-state index contributed by atoms with van der Waals surface area (Å²) in [5.74, 6) is 1.51. The molecular formula is C12H14N2O2. The van der Waals surface area contributed by atoms with Gasteiger partial charge in [-0.05, 0) is 19.1 Å². The van der Waals surface area contributed by atoms with Crippen molar-refractivity contribution in [1.29, 1.82) is 0 Å². The molecule has 84 valence electrons. The zero-order valence-corrected chi connectivity index (χ0v) is 9.36. The summed E-state index contributed by atoms with van der Waals surface area (Å²) in [6.07, 6.45) is 0. The quantitative estimate of drug-likeness (QED) is 0.857. The predicted molar refractivity (Wildman–Crippen MR) is 61.1 cm³/mol. The van der Waals surface area contributed by atoms with Crippen molar-refractivity contribution in [2.45, 2.75) is 13.5 Å². The van der Waals surface area contributed by atoms with E-state index in [1.807, 2.05) is 31.2 Å². The second-order valence-corrected chi connectivity index (χ2v) is 3.51. The first-order valence-corrected chi connectivity index (χ1v) is 5.06. The van der Waals surface area contributed by atoms with Gasteiger partial charge in [-0.3, -0.25) is 0 Å². The lowest BCUT2D eigenvalue weighted by Crippen LogP contribution is -1.98. The average Bonchev–Trinajstić information content (AvgIpc) is 2.70. The Morgan fingerprint density at radius 1 is 1.44 bits per heavy atom. The summed E-state index contributed by atoms with van der Waals surface area (Å²) in [6.45, 7) is 2.30. The van der Waals surface area contributed by atoms with Crippen LogP contribution in [0.15, 0.2) is 28.8 Å². The molecule has 1 aromatic carbocycles. The highest BCUT2D eigenvalue weighted by molar-refractivity contribution is 5.63. The van der Waals surface area contributed by atoms with Crippen LogP contribution in [0.1, 0.15) is 11.3 Å². The van der Waals surface area contributed by atoms with Gasteiger partial charge in [0, 0.05) is 17.7 Å². The maximum Gasteiger partial charge on any atom is 0.171 e. The van der Waals surface area contributed by atoms with Crippen molar-refractivity contribution in [3.63, 3.8) is 0 Å². The van der Waals surface area contributed by atoms with Crippen LogP contribution in [0, 0.1) is 6.92 Å². The first kappa shape index (κ1) is 10.7. The first-order chi connectivity index (χ1) is 7.76. The minimum atomic E-state index is 0.419. The molecule has 0 amide bonds. The number of hydrogen-bond donors (Lipinski definition) is 1. The smallest absolute Gasteiger partial charge is 0.171 e. The summed E-state index contributed by atoms with van der Waals surface area (Å²) in [4.78, 5) is 0. The van der Waals surface area contributed by atoms with Crippen LogP contribution in [-0.2, 0) is 6.54 Å². The Bertz CT molecular complexity index is 492. The van der Waals surface area contributed by atoms with Crippen molar-refractivity contribution >= 4 is 0 Å². The summed E-state index contributed by atoms with van der Waals surface area (Å²) in [5, 5.41) is 3.92. The number of benzene rings is 1. The maximum absolute atomic E-state index is 5.67. The number of aromatic nitrogens is 1. The Morgan fingerprint density at radius 2 is 2.25 bits per heavy atom. The number of hydrogen-bond acceptors (Lipinski definition) is 4. The standard InChI is InChI=1S/C12H14N2O2/c1-8-11(7-13)12(16-14-8)9-4-3-5-10(6-9)15-2/h3-6H,7,13H2,1-2H3. The number of rotatable bonds is 3. The fourth-order valence-corrected chi connectivity index (χ4v) is 1.62. The molecule has 0 aliphatic carbocycles. The SMILES string of the molecule is COc1cccc(-c2onc(C)c2CN)c1. The first-order valence-electron chi connectivity index (χ1n) is 5.06. The van der Waals surface area contributed by atoms with Crippen LogP contribution in [0.2, 0.25) is 0 Å². The van der Waals surface area contributed by atoms with Gasteiger partial charge in [-0.15, -0.1) is 0 Å². The lowest BCUT2D eigenvalue weighted by atomic mass is 10.1. The minimum Gasteiger partial charge on any atom is -0.497 e. The molecule has 0 unspecified atom stereocenters. The van der Waals surface area contributed by atoms with Gasteiger partial charge >= 0.3 is 0 Å². The van der Waals surface area contributed by atoms with Crippen LogP contribution in [0.4, 0.5) is 0 Å². The van der Waals surface area contributed by atoms with E-state index in [4.69, 9.17) is 15.0 Å². The molecule has 2 N–H and O–H groups in total. The number of nitrogens with zero attached hydrogens (tertiary/aromatic N) is 1. The number of ether oxygens (including phenoxy) is 1. The Kier molecular flexibility index (Phi) is 2.92. The van der Waals surface area contributed by atoms with Gasteiger partial charge in [0.05, 0.1) is 12.8 Å². The lowest BCUT2D eigenvalue weighted by molar-refractivity contribution is 0.413. The normalized spacial score (nSPS) is 10.4. The van der Waals surface area contributed by atoms with Gasteiger partial charge in [-0.1, -0.05) is 17.3 Å². The van der Waals surface area contributed by atoms with Crippen LogP contribution in [0.3, 0.4) is 0 Å². The third-order valence-electron chi connectivity index (χ3n) is 2.52. The number of nitrogens with two attached hydrogens (primary N) is 1. The van der Waals surface area contributed by atoms with Gasteiger partial charge in [-0.2, -0.15) is 0 Å². The summed E-state index contributed by atoms with van der Waals surface area (Å²) < 4.78 is 10.4. The van der Waals surface area contributed by atoms with E-state index in [-0.39, 0.29) is 0 Å². The minimum absolute atomic E-state index is 0.419. The molecule has 16 heavy (non-hydrogen) atoms.